The molecular weight excluding hydrogens is 231 g/mol. The lowest BCUT2D eigenvalue weighted by atomic mass is 9.80. The van der Waals surface area contributed by atoms with E-state index in [1.807, 2.05) is 0 Å². The standard InChI is InChI=1S/C15H19FO2/c1-2-10-4-3-7-15(10)9-13(17)12-6-5-11(16)8-14(12)18-15/h5-6,8,10,13,17H,2-4,7,9H2,1H3/t10?,13-,15?/m1/s1. The SMILES string of the molecule is CCC1CCCC12C[C@@H](O)c1ccc(F)cc1O2. The molecule has 1 aromatic carbocycles. The van der Waals surface area contributed by atoms with Crippen LogP contribution in [0.15, 0.2) is 18.2 Å². The van der Waals surface area contributed by atoms with Crippen LogP contribution in [0, 0.1) is 11.7 Å². The summed E-state index contributed by atoms with van der Waals surface area (Å²) < 4.78 is 19.4. The Morgan fingerprint density at radius 3 is 3.11 bits per heavy atom. The molecule has 0 bridgehead atoms. The van der Waals surface area contributed by atoms with E-state index in [4.69, 9.17) is 4.74 Å². The highest BCUT2D eigenvalue weighted by Crippen LogP contribution is 2.50. The van der Waals surface area contributed by atoms with Gasteiger partial charge >= 0.3 is 0 Å². The minimum atomic E-state index is -0.526. The minimum Gasteiger partial charge on any atom is -0.486 e. The van der Waals surface area contributed by atoms with Gasteiger partial charge < -0.3 is 9.84 Å². The second-order valence-corrected chi connectivity index (χ2v) is 5.57. The molecule has 0 radical (unpaired) electrons. The zero-order valence-electron chi connectivity index (χ0n) is 10.7. The average Bonchev–Trinajstić information content (AvgIpc) is 2.70. The van der Waals surface area contributed by atoms with E-state index in [2.05, 4.69) is 6.92 Å². The van der Waals surface area contributed by atoms with E-state index in [1.165, 1.54) is 12.1 Å². The van der Waals surface area contributed by atoms with Crippen LogP contribution in [0.25, 0.3) is 0 Å². The molecule has 0 saturated heterocycles. The van der Waals surface area contributed by atoms with Gasteiger partial charge in [0, 0.05) is 18.1 Å². The summed E-state index contributed by atoms with van der Waals surface area (Å²) in [5.41, 5.74) is 0.457. The Morgan fingerprint density at radius 2 is 2.33 bits per heavy atom. The Hall–Kier alpha value is -1.09. The second kappa shape index (κ2) is 4.23. The summed E-state index contributed by atoms with van der Waals surface area (Å²) in [4.78, 5) is 0. The molecule has 0 aromatic heterocycles. The lowest BCUT2D eigenvalue weighted by Crippen LogP contribution is -2.44. The van der Waals surface area contributed by atoms with Crippen LogP contribution in [0.5, 0.6) is 5.75 Å². The molecule has 1 spiro atoms. The van der Waals surface area contributed by atoms with Crippen LogP contribution in [0.1, 0.15) is 50.7 Å². The first-order valence-corrected chi connectivity index (χ1v) is 6.81. The number of halogens is 1. The van der Waals surface area contributed by atoms with Crippen molar-refractivity contribution in [1.82, 2.24) is 0 Å². The van der Waals surface area contributed by atoms with Crippen molar-refractivity contribution in [3.8, 4) is 5.75 Å². The molecule has 1 aromatic rings. The minimum absolute atomic E-state index is 0.269. The maximum absolute atomic E-state index is 13.3. The zero-order valence-corrected chi connectivity index (χ0v) is 10.7. The first-order chi connectivity index (χ1) is 8.64. The van der Waals surface area contributed by atoms with Crippen molar-refractivity contribution in [3.05, 3.63) is 29.6 Å². The van der Waals surface area contributed by atoms with Crippen molar-refractivity contribution in [2.75, 3.05) is 0 Å². The fraction of sp³-hybridized carbons (Fsp3) is 0.600. The van der Waals surface area contributed by atoms with Crippen LogP contribution in [0.2, 0.25) is 0 Å². The van der Waals surface area contributed by atoms with Gasteiger partial charge in [0.25, 0.3) is 0 Å². The van der Waals surface area contributed by atoms with Gasteiger partial charge in [-0.2, -0.15) is 0 Å². The van der Waals surface area contributed by atoms with E-state index in [-0.39, 0.29) is 11.4 Å². The van der Waals surface area contributed by atoms with Crippen LogP contribution in [0.3, 0.4) is 0 Å². The maximum atomic E-state index is 13.3. The number of ether oxygens (including phenoxy) is 1. The van der Waals surface area contributed by atoms with Gasteiger partial charge in [0.1, 0.15) is 17.2 Å². The summed E-state index contributed by atoms with van der Waals surface area (Å²) in [5, 5.41) is 10.3. The van der Waals surface area contributed by atoms with Gasteiger partial charge in [0.05, 0.1) is 6.10 Å². The highest BCUT2D eigenvalue weighted by Gasteiger charge is 2.48. The Bertz CT molecular complexity index is 460. The van der Waals surface area contributed by atoms with E-state index in [0.29, 0.717) is 18.1 Å². The van der Waals surface area contributed by atoms with Gasteiger partial charge in [0.2, 0.25) is 0 Å². The molecule has 2 nitrogen and oxygen atoms in total. The Labute approximate surface area is 107 Å². The predicted octanol–water partition coefficient (Wildman–Crippen LogP) is 3.59. The molecule has 18 heavy (non-hydrogen) atoms. The van der Waals surface area contributed by atoms with E-state index >= 15 is 0 Å². The molecule has 1 fully saturated rings. The van der Waals surface area contributed by atoms with Crippen molar-refractivity contribution in [2.45, 2.75) is 50.7 Å². The smallest absolute Gasteiger partial charge is 0.128 e. The third-order valence-corrected chi connectivity index (χ3v) is 4.58. The number of aliphatic hydroxyl groups excluding tert-OH is 1. The van der Waals surface area contributed by atoms with Gasteiger partial charge in [-0.05, 0) is 43.7 Å². The lowest BCUT2D eigenvalue weighted by Gasteiger charge is -2.42. The monoisotopic (exact) mass is 250 g/mol. The van der Waals surface area contributed by atoms with Gasteiger partial charge in [-0.1, -0.05) is 6.92 Å². The average molecular weight is 250 g/mol. The molecule has 1 saturated carbocycles. The molecule has 1 aliphatic carbocycles. The molecular formula is C15H19FO2. The molecule has 1 heterocycles. The summed E-state index contributed by atoms with van der Waals surface area (Å²) in [5.74, 6) is 0.710. The number of rotatable bonds is 1. The quantitative estimate of drug-likeness (QED) is 0.825. The molecule has 1 N–H and O–H groups in total. The molecule has 98 valence electrons. The largest absolute Gasteiger partial charge is 0.486 e. The highest BCUT2D eigenvalue weighted by molar-refractivity contribution is 5.39. The fourth-order valence-corrected chi connectivity index (χ4v) is 3.66. The van der Waals surface area contributed by atoms with Crippen LogP contribution >= 0.6 is 0 Å². The number of benzene rings is 1. The third-order valence-electron chi connectivity index (χ3n) is 4.58. The van der Waals surface area contributed by atoms with Crippen molar-refractivity contribution < 1.29 is 14.2 Å². The van der Waals surface area contributed by atoms with Crippen molar-refractivity contribution in [2.24, 2.45) is 5.92 Å². The molecule has 3 rings (SSSR count). The zero-order chi connectivity index (χ0) is 12.8. The molecule has 0 amide bonds. The topological polar surface area (TPSA) is 29.5 Å². The normalized spacial score (nSPS) is 34.4. The molecule has 2 aliphatic rings. The van der Waals surface area contributed by atoms with Crippen LogP contribution in [-0.4, -0.2) is 10.7 Å². The Morgan fingerprint density at radius 1 is 1.50 bits per heavy atom. The summed E-state index contributed by atoms with van der Waals surface area (Å²) in [7, 11) is 0. The molecule has 3 atom stereocenters. The van der Waals surface area contributed by atoms with E-state index in [0.717, 1.165) is 31.2 Å². The summed E-state index contributed by atoms with van der Waals surface area (Å²) in [6.45, 7) is 2.16. The van der Waals surface area contributed by atoms with Gasteiger partial charge in [-0.3, -0.25) is 0 Å². The van der Waals surface area contributed by atoms with E-state index in [1.54, 1.807) is 6.07 Å². The number of aliphatic hydroxyl groups is 1. The summed E-state index contributed by atoms with van der Waals surface area (Å²) >= 11 is 0. The summed E-state index contributed by atoms with van der Waals surface area (Å²) in [6.07, 6.45) is 4.42. The lowest BCUT2D eigenvalue weighted by molar-refractivity contribution is -0.0413. The van der Waals surface area contributed by atoms with Gasteiger partial charge in [0.15, 0.2) is 0 Å². The highest BCUT2D eigenvalue weighted by atomic mass is 19.1. The van der Waals surface area contributed by atoms with Crippen LogP contribution in [0.4, 0.5) is 4.39 Å². The second-order valence-electron chi connectivity index (χ2n) is 5.57. The number of hydrogen-bond donors (Lipinski definition) is 1. The van der Waals surface area contributed by atoms with E-state index in [9.17, 15) is 9.50 Å². The van der Waals surface area contributed by atoms with Gasteiger partial charge in [-0.15, -0.1) is 0 Å². The predicted molar refractivity (Wildman–Crippen MR) is 67.0 cm³/mol. The molecule has 1 aliphatic heterocycles. The van der Waals surface area contributed by atoms with Crippen LogP contribution < -0.4 is 4.74 Å². The van der Waals surface area contributed by atoms with Crippen molar-refractivity contribution in [3.63, 3.8) is 0 Å². The first kappa shape index (κ1) is 12.0. The number of fused-ring (bicyclic) bond motifs is 1. The van der Waals surface area contributed by atoms with Crippen molar-refractivity contribution >= 4 is 0 Å². The van der Waals surface area contributed by atoms with E-state index < -0.39 is 6.10 Å². The Balaban J connectivity index is 1.99. The van der Waals surface area contributed by atoms with Crippen LogP contribution in [-0.2, 0) is 0 Å². The first-order valence-electron chi connectivity index (χ1n) is 6.81. The molecule has 2 unspecified atom stereocenters. The third kappa shape index (κ3) is 1.72. The Kier molecular flexibility index (Phi) is 2.81. The van der Waals surface area contributed by atoms with Crippen molar-refractivity contribution in [1.29, 1.82) is 0 Å². The van der Waals surface area contributed by atoms with Gasteiger partial charge in [-0.25, -0.2) is 4.39 Å². The number of hydrogen-bond acceptors (Lipinski definition) is 2. The summed E-state index contributed by atoms with van der Waals surface area (Å²) in [6, 6.07) is 4.43. The molecule has 3 heteroatoms. The fourth-order valence-electron chi connectivity index (χ4n) is 3.66. The maximum Gasteiger partial charge on any atom is 0.128 e.